The molecule has 38 valence electrons. The predicted octanol–water partition coefficient (Wildman–Crippen LogP) is 1.52. The van der Waals surface area contributed by atoms with Crippen LogP contribution in [0.5, 0.6) is 0 Å². The second-order valence-corrected chi connectivity index (χ2v) is 0.749. The van der Waals surface area contributed by atoms with Crippen molar-refractivity contribution < 1.29 is 17.6 Å². The van der Waals surface area contributed by atoms with E-state index in [2.05, 4.69) is 0 Å². The third-order valence-electron chi connectivity index (χ3n) is 0.152. The largest absolute Gasteiger partial charge is 0.416 e. The van der Waals surface area contributed by atoms with Crippen molar-refractivity contribution in [1.82, 2.24) is 0 Å². The Morgan fingerprint density at radius 3 is 1.33 bits per heavy atom. The summed E-state index contributed by atoms with van der Waals surface area (Å²) < 4.78 is 41.6. The molecule has 0 atom stereocenters. The lowest BCUT2D eigenvalue weighted by Crippen LogP contribution is -2.08. The van der Waals surface area contributed by atoms with Crippen LogP contribution in [0.2, 0.25) is 0 Å². The smallest absolute Gasteiger partial charge is 0.241 e. The Hall–Kier alpha value is -0.280. The lowest BCUT2D eigenvalue weighted by Gasteiger charge is -1.93. The van der Waals surface area contributed by atoms with Gasteiger partial charge in [-0.15, -0.1) is 0 Å². The van der Waals surface area contributed by atoms with Crippen molar-refractivity contribution >= 4 is 0 Å². The summed E-state index contributed by atoms with van der Waals surface area (Å²) in [6.45, 7) is -2.23. The van der Waals surface area contributed by atoms with Gasteiger partial charge >= 0.3 is 6.18 Å². The van der Waals surface area contributed by atoms with Crippen LogP contribution in [-0.2, 0) is 0 Å². The molecule has 0 aliphatic carbocycles. The van der Waals surface area contributed by atoms with Crippen LogP contribution in [0.1, 0.15) is 0 Å². The fourth-order valence-corrected chi connectivity index (χ4v) is 0. The van der Waals surface area contributed by atoms with Gasteiger partial charge in [0.25, 0.3) is 0 Å². The molecule has 0 N–H and O–H groups in total. The van der Waals surface area contributed by atoms with E-state index in [1.54, 1.807) is 0 Å². The van der Waals surface area contributed by atoms with Crippen molar-refractivity contribution in [1.29, 1.82) is 0 Å². The molecule has 0 amide bonds. The Bertz CT molecular complexity index is 35.3. The SMILES string of the molecule is FCC(F)(F)[18F]. The number of alkyl halides is 4. The Balaban J connectivity index is 3.17. The zero-order chi connectivity index (χ0) is 5.21. The van der Waals surface area contributed by atoms with Crippen LogP contribution >= 0.6 is 0 Å². The fraction of sp³-hybridized carbons (Fsp3) is 1.00. The monoisotopic (exact) mass is 101 g/mol. The number of hydrogen-bond acceptors (Lipinski definition) is 0. The standard InChI is InChI=1S/C2H2F4/c3-1-2(4,5)6/h1H2/i4-1. The topological polar surface area (TPSA) is 0 Å². The zero-order valence-electron chi connectivity index (χ0n) is 2.72. The van der Waals surface area contributed by atoms with E-state index >= 15 is 0 Å². The van der Waals surface area contributed by atoms with Crippen LogP contribution in [0.3, 0.4) is 0 Å². The summed E-state index contributed by atoms with van der Waals surface area (Å²) in [5, 5.41) is 0. The van der Waals surface area contributed by atoms with Crippen molar-refractivity contribution in [3.05, 3.63) is 0 Å². The Labute approximate surface area is 31.8 Å². The molecular formula is C2H2F4. The average molecular weight is 101 g/mol. The predicted molar refractivity (Wildman–Crippen MR) is 12.0 cm³/mol. The van der Waals surface area contributed by atoms with Crippen molar-refractivity contribution in [2.24, 2.45) is 0 Å². The molecule has 0 fully saturated rings. The minimum atomic E-state index is -4.62. The van der Waals surface area contributed by atoms with Gasteiger partial charge in [0.05, 0.1) is 0 Å². The Morgan fingerprint density at radius 2 is 1.33 bits per heavy atom. The molecule has 0 aromatic heterocycles. The first-order chi connectivity index (χ1) is 2.56. The van der Waals surface area contributed by atoms with Gasteiger partial charge in [0.15, 0.2) is 6.67 Å². The zero-order valence-corrected chi connectivity index (χ0v) is 2.72. The molecule has 0 rings (SSSR count). The van der Waals surface area contributed by atoms with Crippen LogP contribution < -0.4 is 0 Å². The van der Waals surface area contributed by atoms with Crippen molar-refractivity contribution in [2.75, 3.05) is 6.67 Å². The van der Waals surface area contributed by atoms with Crippen LogP contribution in [-0.4, -0.2) is 12.9 Å². The third kappa shape index (κ3) is 3.72. The molecule has 0 spiro atoms. The van der Waals surface area contributed by atoms with Gasteiger partial charge < -0.3 is 0 Å². The summed E-state index contributed by atoms with van der Waals surface area (Å²) in [7, 11) is 0. The van der Waals surface area contributed by atoms with E-state index in [9.17, 15) is 17.6 Å². The molecular weight excluding hydrogens is 99.0 g/mol. The Kier molecular flexibility index (Phi) is 1.38. The highest BCUT2D eigenvalue weighted by Crippen LogP contribution is 2.13. The molecule has 0 saturated carbocycles. The van der Waals surface area contributed by atoms with Crippen LogP contribution in [0.4, 0.5) is 17.6 Å². The van der Waals surface area contributed by atoms with Crippen LogP contribution in [0.25, 0.3) is 0 Å². The molecule has 6 heavy (non-hydrogen) atoms. The summed E-state index contributed by atoms with van der Waals surface area (Å²) in [6.07, 6.45) is -4.62. The minimum Gasteiger partial charge on any atom is -0.241 e. The molecule has 0 aromatic carbocycles. The summed E-state index contributed by atoms with van der Waals surface area (Å²) in [5.41, 5.74) is 0. The lowest BCUT2D eigenvalue weighted by atomic mass is 10.8. The second-order valence-electron chi connectivity index (χ2n) is 0.749. The van der Waals surface area contributed by atoms with E-state index in [1.807, 2.05) is 0 Å². The summed E-state index contributed by atoms with van der Waals surface area (Å²) in [5.74, 6) is 0. The first-order valence-electron chi connectivity index (χ1n) is 1.19. The molecule has 0 heterocycles. The highest BCUT2D eigenvalue weighted by Gasteiger charge is 2.26. The second kappa shape index (κ2) is 1.45. The van der Waals surface area contributed by atoms with E-state index in [0.29, 0.717) is 0 Å². The van der Waals surface area contributed by atoms with E-state index in [-0.39, 0.29) is 0 Å². The van der Waals surface area contributed by atoms with E-state index in [1.165, 1.54) is 0 Å². The van der Waals surface area contributed by atoms with E-state index in [4.69, 9.17) is 0 Å². The van der Waals surface area contributed by atoms with Gasteiger partial charge in [-0.3, -0.25) is 0 Å². The van der Waals surface area contributed by atoms with E-state index in [0.717, 1.165) is 0 Å². The third-order valence-corrected chi connectivity index (χ3v) is 0.152. The normalized spacial score (nSPS) is 12.0. The van der Waals surface area contributed by atoms with Gasteiger partial charge in [-0.1, -0.05) is 0 Å². The van der Waals surface area contributed by atoms with Crippen molar-refractivity contribution in [2.45, 2.75) is 6.18 Å². The van der Waals surface area contributed by atoms with Gasteiger partial charge in [-0.25, -0.2) is 4.39 Å². The van der Waals surface area contributed by atoms with Crippen molar-refractivity contribution in [3.8, 4) is 0 Å². The van der Waals surface area contributed by atoms with Crippen LogP contribution in [0.15, 0.2) is 0 Å². The first kappa shape index (κ1) is 5.72. The molecule has 0 aromatic rings. The fourth-order valence-electron chi connectivity index (χ4n) is 0. The molecule has 0 aliphatic heterocycles. The highest BCUT2D eigenvalue weighted by molar-refractivity contribution is 4.39. The summed E-state index contributed by atoms with van der Waals surface area (Å²) >= 11 is 0. The van der Waals surface area contributed by atoms with Gasteiger partial charge in [0.1, 0.15) is 0 Å². The summed E-state index contributed by atoms with van der Waals surface area (Å²) in [6, 6.07) is 0. The maximum absolute atomic E-state index is 10.4. The summed E-state index contributed by atoms with van der Waals surface area (Å²) in [4.78, 5) is 0. The molecule has 0 unspecified atom stereocenters. The number of hydrogen-bond donors (Lipinski definition) is 0. The van der Waals surface area contributed by atoms with E-state index < -0.39 is 12.9 Å². The van der Waals surface area contributed by atoms with Crippen molar-refractivity contribution in [3.63, 3.8) is 0 Å². The molecule has 0 radical (unpaired) electrons. The molecule has 0 aliphatic rings. The molecule has 0 saturated heterocycles. The quantitative estimate of drug-likeness (QED) is 0.406. The van der Waals surface area contributed by atoms with Gasteiger partial charge in [-0.05, 0) is 0 Å². The Morgan fingerprint density at radius 1 is 1.17 bits per heavy atom. The molecule has 0 bridgehead atoms. The first-order valence-corrected chi connectivity index (χ1v) is 1.19. The van der Waals surface area contributed by atoms with Crippen LogP contribution in [0, 0.1) is 0 Å². The van der Waals surface area contributed by atoms with Gasteiger partial charge in [0, 0.05) is 0 Å². The maximum atomic E-state index is 10.4. The van der Waals surface area contributed by atoms with Gasteiger partial charge in [0.2, 0.25) is 0 Å². The molecule has 0 nitrogen and oxygen atoms in total. The number of rotatable bonds is 0. The highest BCUT2D eigenvalue weighted by atomic mass is 19.3. The van der Waals surface area contributed by atoms with Gasteiger partial charge in [-0.2, -0.15) is 13.2 Å². The molecule has 4 heteroatoms. The average Bonchev–Trinajstić information content (AvgIpc) is 1.35. The number of halogens is 4. The maximum Gasteiger partial charge on any atom is 0.416 e. The lowest BCUT2D eigenvalue weighted by molar-refractivity contribution is -0.142. The minimum absolute atomic E-state index is 2.23.